The number of hydrogen-bond acceptors (Lipinski definition) is 4. The Morgan fingerprint density at radius 1 is 0.618 bits per heavy atom. The SMILES string of the molecule is CC1C=CC(C2=NC(c3ccc4c(c3)sc3c(-n5c6ccccc6c6cc(-c7ccccc7)c7ccccc7c65)cccc34)N=C(c3ccccc3)N2)=CC1. The first-order valence-electron chi connectivity index (χ1n) is 19.0. The van der Waals surface area contributed by atoms with Crippen LogP contribution in [0, 0.1) is 5.92 Å². The lowest BCUT2D eigenvalue weighted by atomic mass is 9.95. The zero-order valence-corrected chi connectivity index (χ0v) is 31.1. The number of rotatable bonds is 5. The molecular formula is C50H36N4S. The molecule has 2 aromatic heterocycles. The van der Waals surface area contributed by atoms with E-state index in [9.17, 15) is 0 Å². The van der Waals surface area contributed by atoms with E-state index in [-0.39, 0.29) is 6.17 Å². The van der Waals surface area contributed by atoms with Gasteiger partial charge < -0.3 is 9.88 Å². The lowest BCUT2D eigenvalue weighted by Crippen LogP contribution is -2.36. The molecule has 3 heterocycles. The lowest BCUT2D eigenvalue weighted by Gasteiger charge is -2.24. The van der Waals surface area contributed by atoms with E-state index in [0.29, 0.717) is 5.92 Å². The number of benzene rings is 7. The second kappa shape index (κ2) is 12.8. The number of para-hydroxylation sites is 1. The fourth-order valence-electron chi connectivity index (χ4n) is 8.46. The highest BCUT2D eigenvalue weighted by molar-refractivity contribution is 7.26. The van der Waals surface area contributed by atoms with Gasteiger partial charge in [-0.3, -0.25) is 0 Å². The van der Waals surface area contributed by atoms with Gasteiger partial charge in [-0.15, -0.1) is 11.3 Å². The van der Waals surface area contributed by atoms with E-state index >= 15 is 0 Å². The molecule has 9 aromatic rings. The van der Waals surface area contributed by atoms with Gasteiger partial charge in [0.15, 0.2) is 6.17 Å². The number of aromatic nitrogens is 1. The Balaban J connectivity index is 1.10. The summed E-state index contributed by atoms with van der Waals surface area (Å²) in [5.74, 6) is 2.24. The van der Waals surface area contributed by atoms with Gasteiger partial charge in [0.1, 0.15) is 11.7 Å². The second-order valence-electron chi connectivity index (χ2n) is 14.6. The predicted molar refractivity (Wildman–Crippen MR) is 234 cm³/mol. The molecule has 0 radical (unpaired) electrons. The summed E-state index contributed by atoms with van der Waals surface area (Å²) >= 11 is 1.86. The molecule has 0 spiro atoms. The molecule has 4 nitrogen and oxygen atoms in total. The number of fused-ring (bicyclic) bond motifs is 8. The molecule has 0 bridgehead atoms. The number of allylic oxidation sites excluding steroid dienone is 2. The minimum Gasteiger partial charge on any atom is -0.324 e. The van der Waals surface area contributed by atoms with E-state index < -0.39 is 0 Å². The van der Waals surface area contributed by atoms with Crippen LogP contribution in [-0.2, 0) is 0 Å². The van der Waals surface area contributed by atoms with Crippen molar-refractivity contribution in [1.29, 1.82) is 0 Å². The van der Waals surface area contributed by atoms with E-state index in [1.54, 1.807) is 0 Å². The topological polar surface area (TPSA) is 41.7 Å². The number of aliphatic imine (C=N–C) groups is 2. The summed E-state index contributed by atoms with van der Waals surface area (Å²) in [7, 11) is 0. The minimum atomic E-state index is -0.364. The monoisotopic (exact) mass is 724 g/mol. The summed E-state index contributed by atoms with van der Waals surface area (Å²) in [6.07, 6.45) is 7.39. The third-order valence-electron chi connectivity index (χ3n) is 11.2. The molecule has 0 saturated carbocycles. The standard InChI is InChI=1S/C50H36N4S/c1-31-23-25-34(26-24-31)49-51-48(33-15-6-3-7-16-33)52-50(53-49)35-27-28-38-40-20-12-22-44(47(40)55-45(38)29-35)54-43-21-11-10-18-37(43)42-30-41(32-13-4-2-5-14-32)36-17-8-9-19-39(36)46(42)54/h2-23,25-31,50H,24H2,1H3,(H,51,52,53). The number of thiophene rings is 1. The van der Waals surface area contributed by atoms with E-state index in [2.05, 4.69) is 181 Å². The molecule has 2 atom stereocenters. The number of amidine groups is 2. The Hall–Kier alpha value is -6.56. The van der Waals surface area contributed by atoms with E-state index in [1.807, 2.05) is 17.4 Å². The van der Waals surface area contributed by atoms with Gasteiger partial charge in [-0.2, -0.15) is 0 Å². The molecule has 55 heavy (non-hydrogen) atoms. The van der Waals surface area contributed by atoms with Crippen molar-refractivity contribution in [2.75, 3.05) is 0 Å². The molecule has 5 heteroatoms. The summed E-state index contributed by atoms with van der Waals surface area (Å²) < 4.78 is 5.00. The predicted octanol–water partition coefficient (Wildman–Crippen LogP) is 12.9. The molecule has 11 rings (SSSR count). The van der Waals surface area contributed by atoms with Crippen LogP contribution in [0.15, 0.2) is 185 Å². The molecule has 2 unspecified atom stereocenters. The van der Waals surface area contributed by atoms with Crippen LogP contribution < -0.4 is 5.32 Å². The van der Waals surface area contributed by atoms with E-state index in [0.717, 1.165) is 34.8 Å². The minimum absolute atomic E-state index is 0.364. The number of nitrogens with one attached hydrogen (secondary N) is 1. The van der Waals surface area contributed by atoms with Gasteiger partial charge >= 0.3 is 0 Å². The van der Waals surface area contributed by atoms with Gasteiger partial charge in [-0.25, -0.2) is 9.98 Å². The Labute approximate surface area is 323 Å². The smallest absolute Gasteiger partial charge is 0.169 e. The van der Waals surface area contributed by atoms with Crippen LogP contribution in [0.2, 0.25) is 0 Å². The molecule has 1 N–H and O–H groups in total. The molecule has 0 saturated heterocycles. The Morgan fingerprint density at radius 2 is 1.33 bits per heavy atom. The van der Waals surface area contributed by atoms with Crippen LogP contribution in [0.4, 0.5) is 0 Å². The summed E-state index contributed by atoms with van der Waals surface area (Å²) in [5.41, 5.74) is 9.38. The Bertz CT molecular complexity index is 3110. The maximum absolute atomic E-state index is 5.22. The van der Waals surface area contributed by atoms with Gasteiger partial charge in [0.05, 0.1) is 21.4 Å². The van der Waals surface area contributed by atoms with Crippen molar-refractivity contribution in [3.63, 3.8) is 0 Å². The average molecular weight is 725 g/mol. The van der Waals surface area contributed by atoms with E-state index in [4.69, 9.17) is 9.98 Å². The molecule has 0 fully saturated rings. The van der Waals surface area contributed by atoms with Gasteiger partial charge in [-0.05, 0) is 58.7 Å². The van der Waals surface area contributed by atoms with Crippen LogP contribution in [0.25, 0.3) is 69.6 Å². The van der Waals surface area contributed by atoms with E-state index in [1.165, 1.54) is 69.6 Å². The molecule has 1 aliphatic heterocycles. The highest BCUT2D eigenvalue weighted by Gasteiger charge is 2.24. The first kappa shape index (κ1) is 31.9. The summed E-state index contributed by atoms with van der Waals surface area (Å²) in [6, 6.07) is 54.9. The molecule has 0 amide bonds. The largest absolute Gasteiger partial charge is 0.324 e. The highest BCUT2D eigenvalue weighted by Crippen LogP contribution is 2.45. The zero-order valence-electron chi connectivity index (χ0n) is 30.3. The maximum atomic E-state index is 5.22. The van der Waals surface area contributed by atoms with Crippen LogP contribution in [0.1, 0.15) is 30.6 Å². The number of nitrogens with zero attached hydrogens (tertiary/aromatic N) is 3. The summed E-state index contributed by atoms with van der Waals surface area (Å²) in [5, 5.41) is 11.1. The fourth-order valence-corrected chi connectivity index (χ4v) is 9.71. The maximum Gasteiger partial charge on any atom is 0.169 e. The number of hydrogen-bond donors (Lipinski definition) is 1. The van der Waals surface area contributed by atoms with Crippen LogP contribution in [-0.4, -0.2) is 16.2 Å². The lowest BCUT2D eigenvalue weighted by molar-refractivity contribution is 0.729. The molecule has 2 aliphatic rings. The normalized spacial score (nSPS) is 17.1. The van der Waals surface area contributed by atoms with Gasteiger partial charge in [0, 0.05) is 42.8 Å². The van der Waals surface area contributed by atoms with Crippen molar-refractivity contribution in [3.05, 3.63) is 187 Å². The fraction of sp³-hybridized carbons (Fsp3) is 0.0800. The van der Waals surface area contributed by atoms with Crippen LogP contribution in [0.5, 0.6) is 0 Å². The van der Waals surface area contributed by atoms with Crippen molar-refractivity contribution in [2.24, 2.45) is 15.9 Å². The van der Waals surface area contributed by atoms with Crippen molar-refractivity contribution in [2.45, 2.75) is 19.5 Å². The Morgan fingerprint density at radius 3 is 2.13 bits per heavy atom. The second-order valence-corrected chi connectivity index (χ2v) is 15.7. The van der Waals surface area contributed by atoms with Crippen molar-refractivity contribution < 1.29 is 0 Å². The summed E-state index contributed by atoms with van der Waals surface area (Å²) in [4.78, 5) is 10.4. The molecule has 1 aliphatic carbocycles. The quantitative estimate of drug-likeness (QED) is 0.189. The van der Waals surface area contributed by atoms with Crippen LogP contribution >= 0.6 is 11.3 Å². The van der Waals surface area contributed by atoms with Crippen molar-refractivity contribution in [3.8, 4) is 16.8 Å². The summed E-state index contributed by atoms with van der Waals surface area (Å²) in [6.45, 7) is 2.25. The van der Waals surface area contributed by atoms with Crippen LogP contribution in [0.3, 0.4) is 0 Å². The van der Waals surface area contributed by atoms with Crippen molar-refractivity contribution in [1.82, 2.24) is 9.88 Å². The molecule has 7 aromatic carbocycles. The van der Waals surface area contributed by atoms with Crippen molar-refractivity contribution >= 4 is 75.8 Å². The highest BCUT2D eigenvalue weighted by atomic mass is 32.1. The molecule has 262 valence electrons. The first-order chi connectivity index (χ1) is 27.2. The zero-order chi connectivity index (χ0) is 36.5. The van der Waals surface area contributed by atoms with Gasteiger partial charge in [0.2, 0.25) is 0 Å². The molecular weight excluding hydrogens is 689 g/mol. The van der Waals surface area contributed by atoms with Gasteiger partial charge in [-0.1, -0.05) is 153 Å². The third kappa shape index (κ3) is 5.26. The first-order valence-corrected chi connectivity index (χ1v) is 19.8. The Kier molecular flexibility index (Phi) is 7.42. The average Bonchev–Trinajstić information content (AvgIpc) is 3.80. The van der Waals surface area contributed by atoms with Gasteiger partial charge in [0.25, 0.3) is 0 Å². The third-order valence-corrected chi connectivity index (χ3v) is 12.4.